The van der Waals surface area contributed by atoms with Crippen LogP contribution in [0.3, 0.4) is 0 Å². The van der Waals surface area contributed by atoms with Crippen LogP contribution < -0.4 is 0 Å². The summed E-state index contributed by atoms with van der Waals surface area (Å²) < 4.78 is 16.9. The molecule has 0 radical (unpaired) electrons. The Balaban J connectivity index is 4.33. The zero-order valence-corrected chi connectivity index (χ0v) is 52.2. The van der Waals surface area contributed by atoms with Gasteiger partial charge in [-0.25, -0.2) is 0 Å². The standard InChI is InChI=1S/C75H120O6/c1-4-7-10-13-16-19-22-25-28-30-31-32-33-34-35-36-37-38-39-40-41-42-43-45-47-50-53-56-59-62-65-68-74(77)80-71-72(70-79-73(76)67-64-61-58-55-52-49-46-27-24-21-18-15-12-9-6-3)81-75(78)69-66-63-60-57-54-51-48-44-29-26-23-20-17-14-11-8-5-2/h7-12,16-21,25-29,31-32,34-35,46,48,51,57,60,72H,4-6,13-15,22-24,30,33,36-45,47,49-50,52-56,58-59,61-71H2,1-3H3/b10-7-,11-8-,12-9-,19-16-,20-17-,21-18-,28-25-,29-26-,32-31-,35-34-,46-27-,51-48-,60-57-. The van der Waals surface area contributed by atoms with Gasteiger partial charge in [-0.3, -0.25) is 14.4 Å². The zero-order chi connectivity index (χ0) is 58.5. The second kappa shape index (κ2) is 67.5. The van der Waals surface area contributed by atoms with Crippen LogP contribution in [0.5, 0.6) is 0 Å². The third-order valence-corrected chi connectivity index (χ3v) is 13.5. The molecule has 0 aliphatic carbocycles. The molecule has 0 rings (SSSR count). The Morgan fingerprint density at radius 2 is 0.457 bits per heavy atom. The summed E-state index contributed by atoms with van der Waals surface area (Å²) in [5, 5.41) is 0. The molecule has 0 aromatic heterocycles. The molecule has 81 heavy (non-hydrogen) atoms. The number of carbonyl (C=O) groups is 3. The first-order chi connectivity index (χ1) is 40.0. The molecule has 0 aliphatic heterocycles. The van der Waals surface area contributed by atoms with E-state index >= 15 is 0 Å². The molecule has 0 fully saturated rings. The fraction of sp³-hybridized carbons (Fsp3) is 0.613. The summed E-state index contributed by atoms with van der Waals surface area (Å²) in [6.45, 7) is 6.24. The second-order valence-electron chi connectivity index (χ2n) is 21.2. The highest BCUT2D eigenvalue weighted by atomic mass is 16.6. The van der Waals surface area contributed by atoms with Gasteiger partial charge in [-0.05, 0) is 135 Å². The van der Waals surface area contributed by atoms with Crippen molar-refractivity contribution in [3.8, 4) is 0 Å². The quantitative estimate of drug-likeness (QED) is 0.0261. The predicted octanol–water partition coefficient (Wildman–Crippen LogP) is 22.9. The molecule has 1 atom stereocenters. The number of unbranched alkanes of at least 4 members (excludes halogenated alkanes) is 21. The Kier molecular flexibility index (Phi) is 63.4. The lowest BCUT2D eigenvalue weighted by molar-refractivity contribution is -0.167. The molecular weight excluding hydrogens is 997 g/mol. The third-order valence-electron chi connectivity index (χ3n) is 13.5. The van der Waals surface area contributed by atoms with Crippen LogP contribution in [0.25, 0.3) is 0 Å². The average molecular weight is 1120 g/mol. The van der Waals surface area contributed by atoms with Crippen LogP contribution in [0.2, 0.25) is 0 Å². The Morgan fingerprint density at radius 1 is 0.247 bits per heavy atom. The molecular formula is C75H120O6. The van der Waals surface area contributed by atoms with Gasteiger partial charge in [0.15, 0.2) is 6.10 Å². The van der Waals surface area contributed by atoms with Crippen molar-refractivity contribution in [3.63, 3.8) is 0 Å². The minimum Gasteiger partial charge on any atom is -0.462 e. The van der Waals surface area contributed by atoms with Crippen LogP contribution >= 0.6 is 0 Å². The van der Waals surface area contributed by atoms with E-state index in [2.05, 4.69) is 179 Å². The monoisotopic (exact) mass is 1120 g/mol. The number of rotatable bonds is 58. The molecule has 0 spiro atoms. The van der Waals surface area contributed by atoms with Gasteiger partial charge in [0.05, 0.1) is 0 Å². The van der Waals surface area contributed by atoms with E-state index in [4.69, 9.17) is 14.2 Å². The topological polar surface area (TPSA) is 78.9 Å². The van der Waals surface area contributed by atoms with Crippen molar-refractivity contribution in [2.75, 3.05) is 13.2 Å². The first-order valence-corrected chi connectivity index (χ1v) is 33.0. The summed E-state index contributed by atoms with van der Waals surface area (Å²) in [5.41, 5.74) is 0. The van der Waals surface area contributed by atoms with E-state index in [0.717, 1.165) is 148 Å². The van der Waals surface area contributed by atoms with E-state index < -0.39 is 6.10 Å². The van der Waals surface area contributed by atoms with Gasteiger partial charge in [0.1, 0.15) is 13.2 Å². The molecule has 456 valence electrons. The molecule has 0 aromatic carbocycles. The Hall–Kier alpha value is -4.97. The van der Waals surface area contributed by atoms with Crippen LogP contribution in [0.15, 0.2) is 158 Å². The second-order valence-corrected chi connectivity index (χ2v) is 21.2. The van der Waals surface area contributed by atoms with Crippen molar-refractivity contribution in [1.29, 1.82) is 0 Å². The van der Waals surface area contributed by atoms with Gasteiger partial charge in [-0.15, -0.1) is 0 Å². The van der Waals surface area contributed by atoms with Crippen LogP contribution in [0.1, 0.15) is 278 Å². The van der Waals surface area contributed by atoms with Crippen molar-refractivity contribution in [3.05, 3.63) is 158 Å². The molecule has 0 N–H and O–H groups in total. The van der Waals surface area contributed by atoms with E-state index in [-0.39, 0.29) is 37.5 Å². The van der Waals surface area contributed by atoms with Gasteiger partial charge in [-0.2, -0.15) is 0 Å². The largest absolute Gasteiger partial charge is 0.462 e. The summed E-state index contributed by atoms with van der Waals surface area (Å²) in [7, 11) is 0. The van der Waals surface area contributed by atoms with Crippen molar-refractivity contribution >= 4 is 17.9 Å². The highest BCUT2D eigenvalue weighted by Crippen LogP contribution is 2.16. The summed E-state index contributed by atoms with van der Waals surface area (Å²) >= 11 is 0. The van der Waals surface area contributed by atoms with Crippen LogP contribution in [-0.2, 0) is 28.6 Å². The predicted molar refractivity (Wildman–Crippen MR) is 352 cm³/mol. The van der Waals surface area contributed by atoms with Gasteiger partial charge in [0.2, 0.25) is 0 Å². The molecule has 0 saturated heterocycles. The van der Waals surface area contributed by atoms with E-state index in [1.54, 1.807) is 0 Å². The Morgan fingerprint density at radius 3 is 0.728 bits per heavy atom. The number of hydrogen-bond acceptors (Lipinski definition) is 6. The molecule has 0 amide bonds. The lowest BCUT2D eigenvalue weighted by atomic mass is 10.0. The highest BCUT2D eigenvalue weighted by Gasteiger charge is 2.19. The molecule has 0 aromatic rings. The van der Waals surface area contributed by atoms with Crippen molar-refractivity contribution in [2.45, 2.75) is 284 Å². The number of ether oxygens (including phenoxy) is 3. The minimum absolute atomic E-state index is 0.111. The molecule has 0 bridgehead atoms. The first kappa shape index (κ1) is 76.0. The first-order valence-electron chi connectivity index (χ1n) is 33.0. The SMILES string of the molecule is CC/C=C\C/C=C\C/C=C\C/C=C\C/C=C\CCCCCCCCCCCCCCCCCC(=O)OCC(COC(=O)CCCCCCC/C=C\C/C=C\C/C=C\CC)OC(=O)CCC/C=C\C/C=C\C/C=C\C/C=C\C/C=C\CC. The van der Waals surface area contributed by atoms with E-state index in [0.29, 0.717) is 19.3 Å². The lowest BCUT2D eigenvalue weighted by Crippen LogP contribution is -2.30. The molecule has 0 aliphatic rings. The van der Waals surface area contributed by atoms with Crippen molar-refractivity contribution < 1.29 is 28.6 Å². The number of hydrogen-bond donors (Lipinski definition) is 0. The number of carbonyl (C=O) groups excluding carboxylic acids is 3. The van der Waals surface area contributed by atoms with E-state index in [9.17, 15) is 14.4 Å². The summed E-state index contributed by atoms with van der Waals surface area (Å²) in [5.74, 6) is -0.988. The normalized spacial score (nSPS) is 13.2. The summed E-state index contributed by atoms with van der Waals surface area (Å²) in [4.78, 5) is 38.3. The van der Waals surface area contributed by atoms with Crippen LogP contribution in [0.4, 0.5) is 0 Å². The zero-order valence-electron chi connectivity index (χ0n) is 52.2. The third kappa shape index (κ3) is 65.7. The Labute approximate surface area is 499 Å². The van der Waals surface area contributed by atoms with Crippen molar-refractivity contribution in [2.24, 2.45) is 0 Å². The molecule has 0 saturated carbocycles. The summed E-state index contributed by atoms with van der Waals surface area (Å²) in [6.07, 6.45) is 98.4. The maximum atomic E-state index is 12.9. The molecule has 6 heteroatoms. The maximum Gasteiger partial charge on any atom is 0.306 e. The van der Waals surface area contributed by atoms with E-state index in [1.165, 1.54) is 83.5 Å². The highest BCUT2D eigenvalue weighted by molar-refractivity contribution is 5.71. The molecule has 0 heterocycles. The fourth-order valence-electron chi connectivity index (χ4n) is 8.70. The smallest absolute Gasteiger partial charge is 0.306 e. The van der Waals surface area contributed by atoms with Gasteiger partial charge < -0.3 is 14.2 Å². The minimum atomic E-state index is -0.822. The molecule has 6 nitrogen and oxygen atoms in total. The van der Waals surface area contributed by atoms with Gasteiger partial charge in [-0.1, -0.05) is 281 Å². The number of allylic oxidation sites excluding steroid dienone is 26. The van der Waals surface area contributed by atoms with Gasteiger partial charge in [0.25, 0.3) is 0 Å². The van der Waals surface area contributed by atoms with E-state index in [1.807, 2.05) is 0 Å². The van der Waals surface area contributed by atoms with Crippen molar-refractivity contribution in [1.82, 2.24) is 0 Å². The molecule has 1 unspecified atom stereocenters. The van der Waals surface area contributed by atoms with Crippen LogP contribution in [0, 0.1) is 0 Å². The average Bonchev–Trinajstić information content (AvgIpc) is 3.47. The summed E-state index contributed by atoms with van der Waals surface area (Å²) in [6, 6.07) is 0. The van der Waals surface area contributed by atoms with Gasteiger partial charge in [0, 0.05) is 19.3 Å². The number of esters is 3. The fourth-order valence-corrected chi connectivity index (χ4v) is 8.70. The maximum absolute atomic E-state index is 12.9. The van der Waals surface area contributed by atoms with Crippen LogP contribution in [-0.4, -0.2) is 37.2 Å². The Bertz CT molecular complexity index is 1810. The van der Waals surface area contributed by atoms with Gasteiger partial charge >= 0.3 is 17.9 Å². The lowest BCUT2D eigenvalue weighted by Gasteiger charge is -2.18.